The number of furan rings is 1. The van der Waals surface area contributed by atoms with Crippen LogP contribution >= 0.6 is 0 Å². The van der Waals surface area contributed by atoms with Gasteiger partial charge in [0.05, 0.1) is 46.2 Å². The lowest BCUT2D eigenvalue weighted by molar-refractivity contribution is -0.858. The molecule has 172 valence electrons. The molecule has 0 radical (unpaired) electrons. The van der Waals surface area contributed by atoms with Crippen LogP contribution in [-0.4, -0.2) is 57.0 Å². The minimum Gasteiger partial charge on any atom is -0.868 e. The molecule has 1 atom stereocenters. The first-order valence-electron chi connectivity index (χ1n) is 10.9. The van der Waals surface area contributed by atoms with Gasteiger partial charge in [-0.25, -0.2) is 0 Å². The lowest BCUT2D eigenvalue weighted by Crippen LogP contribution is -3.05. The van der Waals surface area contributed by atoms with Gasteiger partial charge in [-0.05, 0) is 49.4 Å². The molecule has 0 fully saturated rings. The van der Waals surface area contributed by atoms with Gasteiger partial charge >= 0.3 is 0 Å². The normalized spacial score (nSPS) is 16.2. The Balaban J connectivity index is 2.05. The Morgan fingerprint density at radius 1 is 1.16 bits per heavy atom. The van der Waals surface area contributed by atoms with Crippen LogP contribution in [0.4, 0.5) is 0 Å². The predicted octanol–water partition coefficient (Wildman–Crippen LogP) is 0.992. The molecule has 32 heavy (non-hydrogen) atoms. The topological polar surface area (TPSA) is 96.5 Å². The van der Waals surface area contributed by atoms with Crippen LogP contribution in [0.3, 0.4) is 0 Å². The van der Waals surface area contributed by atoms with E-state index in [9.17, 15) is 14.7 Å². The van der Waals surface area contributed by atoms with E-state index in [0.29, 0.717) is 43.2 Å². The second-order valence-corrected chi connectivity index (χ2v) is 7.83. The number of nitrogens with zero attached hydrogens (tertiary/aromatic N) is 1. The molecular weight excluding hydrogens is 412 g/mol. The SMILES string of the molecule is CCOc1ccc(C2C(C(=O)c3ccco3)=C([O-])C(=O)N2CCC[NH+](C)C)cc1OCC. The predicted molar refractivity (Wildman–Crippen MR) is 116 cm³/mol. The van der Waals surface area contributed by atoms with Crippen LogP contribution in [0, 0.1) is 0 Å². The van der Waals surface area contributed by atoms with Crippen molar-refractivity contribution in [2.45, 2.75) is 26.3 Å². The number of carbonyl (C=O) groups excluding carboxylic acids is 2. The van der Waals surface area contributed by atoms with Crippen LogP contribution in [0.5, 0.6) is 11.5 Å². The molecule has 1 unspecified atom stereocenters. The lowest BCUT2D eigenvalue weighted by Gasteiger charge is -2.28. The third-order valence-corrected chi connectivity index (χ3v) is 5.23. The minimum atomic E-state index is -0.820. The molecule has 0 bridgehead atoms. The van der Waals surface area contributed by atoms with Gasteiger partial charge in [0, 0.05) is 18.5 Å². The number of hydrogen-bond acceptors (Lipinski definition) is 6. The summed E-state index contributed by atoms with van der Waals surface area (Å²) in [5.74, 6) is -0.949. The molecule has 0 saturated carbocycles. The third-order valence-electron chi connectivity index (χ3n) is 5.23. The fraction of sp³-hybridized carbons (Fsp3) is 0.417. The number of carbonyl (C=O) groups is 2. The summed E-state index contributed by atoms with van der Waals surface area (Å²) in [5.41, 5.74) is 0.511. The van der Waals surface area contributed by atoms with Gasteiger partial charge in [0.15, 0.2) is 17.3 Å². The Kier molecular flexibility index (Phi) is 7.58. The van der Waals surface area contributed by atoms with E-state index < -0.39 is 23.5 Å². The minimum absolute atomic E-state index is 0.0294. The molecule has 3 rings (SSSR count). The largest absolute Gasteiger partial charge is 0.868 e. The Bertz CT molecular complexity index is 980. The van der Waals surface area contributed by atoms with E-state index in [1.807, 2.05) is 27.9 Å². The summed E-state index contributed by atoms with van der Waals surface area (Å²) in [4.78, 5) is 28.8. The monoisotopic (exact) mass is 442 g/mol. The van der Waals surface area contributed by atoms with Crippen molar-refractivity contribution in [2.75, 3.05) is 40.4 Å². The Hall–Kier alpha value is -3.26. The summed E-state index contributed by atoms with van der Waals surface area (Å²) in [7, 11) is 4.04. The molecule has 1 N–H and O–H groups in total. The highest BCUT2D eigenvalue weighted by atomic mass is 16.5. The molecule has 0 aliphatic carbocycles. The van der Waals surface area contributed by atoms with Gasteiger partial charge in [0.1, 0.15) is 0 Å². The number of nitrogens with one attached hydrogen (secondary N) is 1. The zero-order valence-electron chi connectivity index (χ0n) is 19.0. The first-order chi connectivity index (χ1) is 15.4. The Labute approximate surface area is 188 Å². The summed E-state index contributed by atoms with van der Waals surface area (Å²) < 4.78 is 16.6. The van der Waals surface area contributed by atoms with E-state index in [4.69, 9.17) is 13.9 Å². The van der Waals surface area contributed by atoms with Crippen LogP contribution in [0.15, 0.2) is 52.3 Å². The van der Waals surface area contributed by atoms with Crippen LogP contribution in [0.25, 0.3) is 0 Å². The summed E-state index contributed by atoms with van der Waals surface area (Å²) in [6, 6.07) is 7.50. The molecule has 2 aromatic rings. The van der Waals surface area contributed by atoms with Crippen LogP contribution < -0.4 is 19.5 Å². The van der Waals surface area contributed by atoms with E-state index in [1.54, 1.807) is 24.3 Å². The highest BCUT2D eigenvalue weighted by Gasteiger charge is 2.40. The van der Waals surface area contributed by atoms with E-state index >= 15 is 0 Å². The number of ether oxygens (including phenoxy) is 2. The Morgan fingerprint density at radius 2 is 1.88 bits per heavy atom. The Morgan fingerprint density at radius 3 is 2.50 bits per heavy atom. The number of rotatable bonds is 11. The molecular formula is C24H30N2O6. The molecule has 1 aromatic heterocycles. The fourth-order valence-corrected chi connectivity index (χ4v) is 3.83. The molecule has 0 spiro atoms. The lowest BCUT2D eigenvalue weighted by atomic mass is 9.94. The van der Waals surface area contributed by atoms with Crippen molar-refractivity contribution in [2.24, 2.45) is 0 Å². The van der Waals surface area contributed by atoms with Gasteiger partial charge in [-0.1, -0.05) is 6.07 Å². The van der Waals surface area contributed by atoms with E-state index in [2.05, 4.69) is 0 Å². The standard InChI is InChI=1S/C24H30N2O6/c1-5-30-17-11-10-16(15-19(17)31-6-2)21-20(22(27)18-9-7-14-32-18)23(28)24(29)26(21)13-8-12-25(3)4/h7,9-11,14-15,21,28H,5-6,8,12-13H2,1-4H3. The molecule has 1 aliphatic rings. The first kappa shape index (κ1) is 23.4. The molecule has 1 amide bonds. The number of ketones is 1. The molecule has 0 saturated heterocycles. The quantitative estimate of drug-likeness (QED) is 0.522. The van der Waals surface area contributed by atoms with Gasteiger partial charge in [0.2, 0.25) is 11.7 Å². The number of hydrogen-bond donors (Lipinski definition) is 1. The molecule has 1 aliphatic heterocycles. The van der Waals surface area contributed by atoms with Crippen LogP contribution in [-0.2, 0) is 4.79 Å². The maximum atomic E-state index is 13.2. The summed E-state index contributed by atoms with van der Waals surface area (Å²) in [6.07, 6.45) is 2.06. The zero-order chi connectivity index (χ0) is 23.3. The smallest absolute Gasteiger partial charge is 0.239 e. The number of Topliss-reactive ketones (excluding diaryl/α,β-unsaturated/α-hetero) is 1. The third kappa shape index (κ3) is 4.80. The molecule has 2 heterocycles. The first-order valence-corrected chi connectivity index (χ1v) is 10.9. The second-order valence-electron chi connectivity index (χ2n) is 7.83. The van der Waals surface area contributed by atoms with Gasteiger partial charge in [-0.2, -0.15) is 0 Å². The number of benzene rings is 1. The zero-order valence-corrected chi connectivity index (χ0v) is 19.0. The fourth-order valence-electron chi connectivity index (χ4n) is 3.83. The molecule has 1 aromatic carbocycles. The highest BCUT2D eigenvalue weighted by molar-refractivity contribution is 6.14. The summed E-state index contributed by atoms with van der Waals surface area (Å²) in [6.45, 7) is 5.79. The van der Waals surface area contributed by atoms with Gasteiger partial charge in [-0.3, -0.25) is 9.59 Å². The van der Waals surface area contributed by atoms with Crippen molar-refractivity contribution >= 4 is 11.7 Å². The van der Waals surface area contributed by atoms with Crippen LogP contribution in [0.2, 0.25) is 0 Å². The average molecular weight is 443 g/mol. The van der Waals surface area contributed by atoms with Crippen molar-refractivity contribution in [3.8, 4) is 11.5 Å². The second kappa shape index (κ2) is 10.4. The number of quaternary nitrogens is 1. The highest BCUT2D eigenvalue weighted by Crippen LogP contribution is 2.41. The van der Waals surface area contributed by atoms with Crippen molar-refractivity contribution in [3.63, 3.8) is 0 Å². The maximum Gasteiger partial charge on any atom is 0.239 e. The van der Waals surface area contributed by atoms with Crippen molar-refractivity contribution in [3.05, 3.63) is 59.3 Å². The summed E-state index contributed by atoms with van der Waals surface area (Å²) in [5, 5.41) is 13.0. The van der Waals surface area contributed by atoms with Crippen molar-refractivity contribution < 1.29 is 33.5 Å². The molecule has 8 heteroatoms. The average Bonchev–Trinajstić information content (AvgIpc) is 3.38. The van der Waals surface area contributed by atoms with Gasteiger partial charge in [0.25, 0.3) is 0 Å². The van der Waals surface area contributed by atoms with Crippen LogP contribution in [0.1, 0.15) is 42.4 Å². The van der Waals surface area contributed by atoms with Gasteiger partial charge < -0.3 is 28.8 Å². The summed E-state index contributed by atoms with van der Waals surface area (Å²) >= 11 is 0. The van der Waals surface area contributed by atoms with E-state index in [1.165, 1.54) is 22.1 Å². The van der Waals surface area contributed by atoms with E-state index in [0.717, 1.165) is 6.54 Å². The molecule has 8 nitrogen and oxygen atoms in total. The maximum absolute atomic E-state index is 13.2. The number of amides is 1. The van der Waals surface area contributed by atoms with Crippen molar-refractivity contribution in [1.29, 1.82) is 0 Å². The van der Waals surface area contributed by atoms with Gasteiger partial charge in [-0.15, -0.1) is 0 Å². The van der Waals surface area contributed by atoms with E-state index in [-0.39, 0.29) is 11.3 Å². The van der Waals surface area contributed by atoms with Crippen molar-refractivity contribution in [1.82, 2.24) is 4.90 Å².